The van der Waals surface area contributed by atoms with Gasteiger partial charge in [-0.3, -0.25) is 4.79 Å². The van der Waals surface area contributed by atoms with Crippen LogP contribution >= 0.6 is 0 Å². The maximum absolute atomic E-state index is 12.6. The largest absolute Gasteiger partial charge is 0.418 e. The Hall–Kier alpha value is -1.56. The number of halogens is 3. The zero-order chi connectivity index (χ0) is 13.1. The molecular formula is C11H13F3N2O. The van der Waals surface area contributed by atoms with Gasteiger partial charge in [0.1, 0.15) is 0 Å². The van der Waals surface area contributed by atoms with Crippen LogP contribution in [0.25, 0.3) is 0 Å². The van der Waals surface area contributed by atoms with Crippen LogP contribution in [-0.4, -0.2) is 11.9 Å². The Balaban J connectivity index is 2.88. The number of rotatable bonds is 3. The molecule has 0 fully saturated rings. The van der Waals surface area contributed by atoms with Gasteiger partial charge in [0, 0.05) is 12.5 Å². The second kappa shape index (κ2) is 5.18. The van der Waals surface area contributed by atoms with Crippen LogP contribution in [0.3, 0.4) is 0 Å². The molecule has 0 saturated heterocycles. The highest BCUT2D eigenvalue weighted by Gasteiger charge is 2.33. The third-order valence-electron chi connectivity index (χ3n) is 2.01. The molecule has 1 atom stereocenters. The molecule has 1 rings (SSSR count). The summed E-state index contributed by atoms with van der Waals surface area (Å²) in [6.45, 7) is 1.61. The van der Waals surface area contributed by atoms with Crippen molar-refractivity contribution < 1.29 is 18.0 Å². The predicted molar refractivity (Wildman–Crippen MR) is 58.3 cm³/mol. The lowest BCUT2D eigenvalue weighted by molar-refractivity contribution is -0.137. The highest BCUT2D eigenvalue weighted by atomic mass is 19.4. The first-order valence-corrected chi connectivity index (χ1v) is 5.02. The van der Waals surface area contributed by atoms with E-state index < -0.39 is 23.7 Å². The van der Waals surface area contributed by atoms with Gasteiger partial charge in [-0.05, 0) is 19.1 Å². The van der Waals surface area contributed by atoms with E-state index in [9.17, 15) is 18.0 Å². The molecule has 94 valence electrons. The molecule has 0 aliphatic carbocycles. The quantitative estimate of drug-likeness (QED) is 0.860. The first-order chi connectivity index (χ1) is 7.80. The molecule has 1 unspecified atom stereocenters. The summed E-state index contributed by atoms with van der Waals surface area (Å²) in [5.74, 6) is -0.531. The number of hydrogen-bond donors (Lipinski definition) is 2. The summed E-state index contributed by atoms with van der Waals surface area (Å²) in [5.41, 5.74) is 4.28. The third kappa shape index (κ3) is 4.07. The Morgan fingerprint density at radius 3 is 2.53 bits per heavy atom. The first-order valence-electron chi connectivity index (χ1n) is 5.02. The van der Waals surface area contributed by atoms with Crippen molar-refractivity contribution >= 4 is 11.6 Å². The smallest absolute Gasteiger partial charge is 0.327 e. The molecule has 3 nitrogen and oxygen atoms in total. The average molecular weight is 246 g/mol. The topological polar surface area (TPSA) is 55.1 Å². The summed E-state index contributed by atoms with van der Waals surface area (Å²) >= 11 is 0. The molecule has 0 aliphatic heterocycles. The SMILES string of the molecule is CC(N)CC(=O)Nc1ccccc1C(F)(F)F. The molecule has 3 N–H and O–H groups in total. The number of carbonyl (C=O) groups excluding carboxylic acids is 1. The first kappa shape index (κ1) is 13.5. The normalized spacial score (nSPS) is 13.2. The van der Waals surface area contributed by atoms with Crippen LogP contribution in [0.5, 0.6) is 0 Å². The number of carbonyl (C=O) groups is 1. The Bertz CT molecular complexity index is 402. The van der Waals surface area contributed by atoms with Crippen molar-refractivity contribution in [3.8, 4) is 0 Å². The van der Waals surface area contributed by atoms with Crippen LogP contribution in [-0.2, 0) is 11.0 Å². The Kier molecular flexibility index (Phi) is 4.11. The van der Waals surface area contributed by atoms with E-state index in [1.54, 1.807) is 6.92 Å². The standard InChI is InChI=1S/C11H13F3N2O/c1-7(15)6-10(17)16-9-5-3-2-4-8(9)11(12,13)14/h2-5,7H,6,15H2,1H3,(H,16,17). The van der Waals surface area contributed by atoms with E-state index in [1.807, 2.05) is 0 Å². The summed E-state index contributed by atoms with van der Waals surface area (Å²) < 4.78 is 37.8. The average Bonchev–Trinajstić information content (AvgIpc) is 2.15. The van der Waals surface area contributed by atoms with Crippen LogP contribution < -0.4 is 11.1 Å². The van der Waals surface area contributed by atoms with Gasteiger partial charge in [0.05, 0.1) is 11.3 Å². The minimum atomic E-state index is -4.49. The lowest BCUT2D eigenvalue weighted by Crippen LogP contribution is -2.25. The number of hydrogen-bond acceptors (Lipinski definition) is 2. The lowest BCUT2D eigenvalue weighted by Gasteiger charge is -2.14. The van der Waals surface area contributed by atoms with Gasteiger partial charge in [0.25, 0.3) is 0 Å². The van der Waals surface area contributed by atoms with E-state index >= 15 is 0 Å². The van der Waals surface area contributed by atoms with Gasteiger partial charge < -0.3 is 11.1 Å². The summed E-state index contributed by atoms with van der Waals surface area (Å²) in [5, 5.41) is 2.21. The van der Waals surface area contributed by atoms with Gasteiger partial charge in [0.2, 0.25) is 5.91 Å². The molecule has 0 spiro atoms. The van der Waals surface area contributed by atoms with E-state index in [-0.39, 0.29) is 12.1 Å². The van der Waals surface area contributed by atoms with Crippen LogP contribution in [0, 0.1) is 0 Å². The summed E-state index contributed by atoms with van der Waals surface area (Å²) in [7, 11) is 0. The van der Waals surface area contributed by atoms with Crippen molar-refractivity contribution in [2.75, 3.05) is 5.32 Å². The van der Waals surface area contributed by atoms with Gasteiger partial charge in [-0.25, -0.2) is 0 Å². The van der Waals surface area contributed by atoms with Crippen molar-refractivity contribution in [3.63, 3.8) is 0 Å². The molecule has 0 bridgehead atoms. The summed E-state index contributed by atoms with van der Waals surface area (Å²) in [6.07, 6.45) is -4.51. The number of alkyl halides is 3. The van der Waals surface area contributed by atoms with Crippen molar-refractivity contribution in [1.82, 2.24) is 0 Å². The number of amides is 1. The minimum absolute atomic E-state index is 0.0216. The zero-order valence-electron chi connectivity index (χ0n) is 9.21. The Labute approximate surface area is 96.8 Å². The van der Waals surface area contributed by atoms with E-state index in [0.717, 1.165) is 6.07 Å². The van der Waals surface area contributed by atoms with Crippen LogP contribution in [0.4, 0.5) is 18.9 Å². The molecule has 6 heteroatoms. The van der Waals surface area contributed by atoms with E-state index in [4.69, 9.17) is 5.73 Å². The van der Waals surface area contributed by atoms with Crippen molar-refractivity contribution in [1.29, 1.82) is 0 Å². The fourth-order valence-corrected chi connectivity index (χ4v) is 1.33. The Morgan fingerprint density at radius 2 is 2.00 bits per heavy atom. The fourth-order valence-electron chi connectivity index (χ4n) is 1.33. The summed E-state index contributed by atoms with van der Waals surface area (Å²) in [6, 6.07) is 4.43. The van der Waals surface area contributed by atoms with E-state index in [0.29, 0.717) is 0 Å². The molecule has 0 saturated carbocycles. The molecule has 1 aromatic rings. The maximum Gasteiger partial charge on any atom is 0.418 e. The van der Waals surface area contributed by atoms with E-state index in [1.165, 1.54) is 18.2 Å². The number of nitrogens with one attached hydrogen (secondary N) is 1. The highest BCUT2D eigenvalue weighted by Crippen LogP contribution is 2.34. The van der Waals surface area contributed by atoms with E-state index in [2.05, 4.69) is 5.32 Å². The fraction of sp³-hybridized carbons (Fsp3) is 0.364. The third-order valence-corrected chi connectivity index (χ3v) is 2.01. The molecule has 17 heavy (non-hydrogen) atoms. The zero-order valence-corrected chi connectivity index (χ0v) is 9.21. The summed E-state index contributed by atoms with van der Waals surface area (Å²) in [4.78, 5) is 11.3. The van der Waals surface area contributed by atoms with Crippen molar-refractivity contribution in [3.05, 3.63) is 29.8 Å². The molecule has 0 aliphatic rings. The van der Waals surface area contributed by atoms with Crippen molar-refractivity contribution in [2.45, 2.75) is 25.6 Å². The van der Waals surface area contributed by atoms with Gasteiger partial charge in [-0.2, -0.15) is 13.2 Å². The molecule has 0 aromatic heterocycles. The van der Waals surface area contributed by atoms with Gasteiger partial charge in [0.15, 0.2) is 0 Å². The van der Waals surface area contributed by atoms with Crippen LogP contribution in [0.15, 0.2) is 24.3 Å². The highest BCUT2D eigenvalue weighted by molar-refractivity contribution is 5.91. The number of anilines is 1. The molecule has 1 aromatic carbocycles. The lowest BCUT2D eigenvalue weighted by atomic mass is 10.1. The number of para-hydroxylation sites is 1. The number of nitrogens with two attached hydrogens (primary N) is 1. The maximum atomic E-state index is 12.6. The predicted octanol–water partition coefficient (Wildman–Crippen LogP) is 2.38. The van der Waals surface area contributed by atoms with Crippen LogP contribution in [0.2, 0.25) is 0 Å². The van der Waals surface area contributed by atoms with Gasteiger partial charge in [-0.1, -0.05) is 12.1 Å². The van der Waals surface area contributed by atoms with Crippen molar-refractivity contribution in [2.24, 2.45) is 5.73 Å². The van der Waals surface area contributed by atoms with Crippen LogP contribution in [0.1, 0.15) is 18.9 Å². The van der Waals surface area contributed by atoms with Gasteiger partial charge >= 0.3 is 6.18 Å². The number of benzene rings is 1. The second-order valence-corrected chi connectivity index (χ2v) is 3.77. The monoisotopic (exact) mass is 246 g/mol. The molecule has 0 heterocycles. The minimum Gasteiger partial charge on any atom is -0.327 e. The van der Waals surface area contributed by atoms with Gasteiger partial charge in [-0.15, -0.1) is 0 Å². The second-order valence-electron chi connectivity index (χ2n) is 3.77. The molecule has 1 amide bonds. The molecular weight excluding hydrogens is 233 g/mol. The Morgan fingerprint density at radius 1 is 1.41 bits per heavy atom. The molecule has 0 radical (unpaired) electrons.